The molecule has 0 saturated heterocycles. The predicted octanol–water partition coefficient (Wildman–Crippen LogP) is 1.91. The maximum atomic E-state index is 12.0. The highest BCUT2D eigenvalue weighted by Gasteiger charge is 2.11. The Balaban J connectivity index is 1.57. The number of nitrogens with one attached hydrogen (secondary N) is 1. The van der Waals surface area contributed by atoms with E-state index in [9.17, 15) is 9.59 Å². The first kappa shape index (κ1) is 17.3. The number of hydrogen-bond acceptors (Lipinski definition) is 6. The summed E-state index contributed by atoms with van der Waals surface area (Å²) in [5, 5.41) is 14.1. The summed E-state index contributed by atoms with van der Waals surface area (Å²) in [6.45, 7) is 1.42. The Hall–Kier alpha value is -3.55. The van der Waals surface area contributed by atoms with Gasteiger partial charge in [0, 0.05) is 12.6 Å². The number of tetrazole rings is 1. The average molecular weight is 351 g/mol. The van der Waals surface area contributed by atoms with Crippen LogP contribution >= 0.6 is 0 Å². The van der Waals surface area contributed by atoms with Crippen molar-refractivity contribution in [3.8, 4) is 5.69 Å². The second kappa shape index (κ2) is 8.02. The van der Waals surface area contributed by atoms with Crippen LogP contribution in [0.1, 0.15) is 18.3 Å². The molecule has 3 aromatic rings. The molecule has 0 aliphatic rings. The van der Waals surface area contributed by atoms with Crippen molar-refractivity contribution in [1.29, 1.82) is 0 Å². The molecular weight excluding hydrogens is 334 g/mol. The molecule has 0 aliphatic carbocycles. The Morgan fingerprint density at radius 1 is 1.08 bits per heavy atom. The molecule has 0 unspecified atom stereocenters. The standard InChI is InChI=1S/C18H17N5O3/c1-13(24)19-15-9-7-14(8-10-15)11-18(25)26-12-17-20-21-22-23(17)16-5-3-2-4-6-16/h2-10H,11-12H2,1H3,(H,19,24). The van der Waals surface area contributed by atoms with Crippen LogP contribution in [-0.2, 0) is 27.4 Å². The van der Waals surface area contributed by atoms with Crippen LogP contribution in [0, 0.1) is 0 Å². The fourth-order valence-corrected chi connectivity index (χ4v) is 2.34. The molecule has 1 heterocycles. The zero-order valence-electron chi connectivity index (χ0n) is 14.1. The molecule has 0 spiro atoms. The van der Waals surface area contributed by atoms with E-state index < -0.39 is 0 Å². The average Bonchev–Trinajstić information content (AvgIpc) is 3.11. The molecule has 8 nitrogen and oxygen atoms in total. The first-order valence-corrected chi connectivity index (χ1v) is 7.96. The molecule has 1 N–H and O–H groups in total. The Labute approximate surface area is 149 Å². The first-order valence-electron chi connectivity index (χ1n) is 7.96. The van der Waals surface area contributed by atoms with Crippen molar-refractivity contribution in [2.24, 2.45) is 0 Å². The van der Waals surface area contributed by atoms with Crippen molar-refractivity contribution in [3.63, 3.8) is 0 Å². The Morgan fingerprint density at radius 3 is 2.50 bits per heavy atom. The predicted molar refractivity (Wildman–Crippen MR) is 93.4 cm³/mol. The van der Waals surface area contributed by atoms with Gasteiger partial charge < -0.3 is 10.1 Å². The van der Waals surface area contributed by atoms with Crippen LogP contribution in [0.5, 0.6) is 0 Å². The van der Waals surface area contributed by atoms with Gasteiger partial charge in [-0.1, -0.05) is 30.3 Å². The van der Waals surface area contributed by atoms with E-state index in [1.807, 2.05) is 30.3 Å². The van der Waals surface area contributed by atoms with E-state index in [0.29, 0.717) is 11.5 Å². The number of carbonyl (C=O) groups is 2. The number of ether oxygens (including phenoxy) is 1. The third-order valence-corrected chi connectivity index (χ3v) is 3.52. The topological polar surface area (TPSA) is 99.0 Å². The van der Waals surface area contributed by atoms with E-state index in [-0.39, 0.29) is 24.9 Å². The summed E-state index contributed by atoms with van der Waals surface area (Å²) in [7, 11) is 0. The summed E-state index contributed by atoms with van der Waals surface area (Å²) in [5.74, 6) is -0.0984. The van der Waals surface area contributed by atoms with Gasteiger partial charge in [-0.05, 0) is 40.3 Å². The quantitative estimate of drug-likeness (QED) is 0.681. The minimum Gasteiger partial charge on any atom is -0.457 e. The van der Waals surface area contributed by atoms with E-state index in [1.165, 1.54) is 11.6 Å². The van der Waals surface area contributed by atoms with Gasteiger partial charge in [0.2, 0.25) is 5.91 Å². The summed E-state index contributed by atoms with van der Waals surface area (Å²) in [4.78, 5) is 23.0. The fraction of sp³-hybridized carbons (Fsp3) is 0.167. The molecule has 0 fully saturated rings. The van der Waals surface area contributed by atoms with Gasteiger partial charge in [0.15, 0.2) is 12.4 Å². The number of amides is 1. The Kier molecular flexibility index (Phi) is 5.33. The molecule has 26 heavy (non-hydrogen) atoms. The van der Waals surface area contributed by atoms with Crippen molar-refractivity contribution in [3.05, 3.63) is 66.0 Å². The minimum atomic E-state index is -0.389. The van der Waals surface area contributed by atoms with Crippen molar-refractivity contribution in [2.45, 2.75) is 20.0 Å². The van der Waals surface area contributed by atoms with Gasteiger partial charge in [0.1, 0.15) is 0 Å². The number of nitrogens with zero attached hydrogens (tertiary/aromatic N) is 4. The first-order chi connectivity index (χ1) is 12.6. The van der Waals surface area contributed by atoms with E-state index in [1.54, 1.807) is 24.3 Å². The zero-order valence-corrected chi connectivity index (χ0v) is 14.1. The molecule has 0 radical (unpaired) electrons. The summed E-state index contributed by atoms with van der Waals surface area (Å²) >= 11 is 0. The van der Waals surface area contributed by atoms with Gasteiger partial charge in [0.05, 0.1) is 12.1 Å². The van der Waals surface area contributed by atoms with E-state index in [4.69, 9.17) is 4.74 Å². The number of anilines is 1. The molecular formula is C18H17N5O3. The van der Waals surface area contributed by atoms with E-state index in [2.05, 4.69) is 20.8 Å². The number of benzene rings is 2. The number of esters is 1. The lowest BCUT2D eigenvalue weighted by molar-refractivity contribution is -0.144. The van der Waals surface area contributed by atoms with Crippen molar-refractivity contribution >= 4 is 17.6 Å². The summed E-state index contributed by atoms with van der Waals surface area (Å²) in [5.41, 5.74) is 2.25. The number of hydrogen-bond donors (Lipinski definition) is 1. The van der Waals surface area contributed by atoms with Gasteiger partial charge in [0.25, 0.3) is 0 Å². The van der Waals surface area contributed by atoms with Crippen LogP contribution < -0.4 is 5.32 Å². The van der Waals surface area contributed by atoms with Crippen LogP contribution in [0.15, 0.2) is 54.6 Å². The van der Waals surface area contributed by atoms with Crippen LogP contribution in [0.3, 0.4) is 0 Å². The summed E-state index contributed by atoms with van der Waals surface area (Å²) in [6.07, 6.45) is 0.118. The lowest BCUT2D eigenvalue weighted by Gasteiger charge is -2.07. The van der Waals surface area contributed by atoms with Gasteiger partial charge >= 0.3 is 5.97 Å². The summed E-state index contributed by atoms with van der Waals surface area (Å²) < 4.78 is 6.80. The molecule has 1 amide bonds. The second-order valence-electron chi connectivity index (χ2n) is 5.56. The van der Waals surface area contributed by atoms with Crippen LogP contribution in [-0.4, -0.2) is 32.1 Å². The van der Waals surface area contributed by atoms with Crippen molar-refractivity contribution in [1.82, 2.24) is 20.2 Å². The van der Waals surface area contributed by atoms with Crippen LogP contribution in [0.2, 0.25) is 0 Å². The van der Waals surface area contributed by atoms with Crippen LogP contribution in [0.4, 0.5) is 5.69 Å². The largest absolute Gasteiger partial charge is 0.457 e. The molecule has 2 aromatic carbocycles. The number of rotatable bonds is 6. The lowest BCUT2D eigenvalue weighted by atomic mass is 10.1. The third kappa shape index (κ3) is 4.50. The summed E-state index contributed by atoms with van der Waals surface area (Å²) in [6, 6.07) is 16.4. The lowest BCUT2D eigenvalue weighted by Crippen LogP contribution is -2.11. The van der Waals surface area contributed by atoms with Gasteiger partial charge in [-0.2, -0.15) is 4.68 Å². The fourth-order valence-electron chi connectivity index (χ4n) is 2.34. The molecule has 0 atom stereocenters. The second-order valence-corrected chi connectivity index (χ2v) is 5.56. The van der Waals surface area contributed by atoms with E-state index >= 15 is 0 Å². The molecule has 0 aliphatic heterocycles. The SMILES string of the molecule is CC(=O)Nc1ccc(CC(=O)OCc2nnnn2-c2ccccc2)cc1. The van der Waals surface area contributed by atoms with Gasteiger partial charge in [-0.15, -0.1) is 5.10 Å². The number of carbonyl (C=O) groups excluding carboxylic acids is 2. The number of aromatic nitrogens is 4. The molecule has 0 bridgehead atoms. The van der Waals surface area contributed by atoms with Crippen LogP contribution in [0.25, 0.3) is 5.69 Å². The maximum Gasteiger partial charge on any atom is 0.310 e. The van der Waals surface area contributed by atoms with Gasteiger partial charge in [-0.25, -0.2) is 0 Å². The highest BCUT2D eigenvalue weighted by atomic mass is 16.5. The number of para-hydroxylation sites is 1. The minimum absolute atomic E-state index is 0.0231. The molecule has 132 valence electrons. The monoisotopic (exact) mass is 351 g/mol. The molecule has 8 heteroatoms. The maximum absolute atomic E-state index is 12.0. The highest BCUT2D eigenvalue weighted by Crippen LogP contribution is 2.11. The smallest absolute Gasteiger partial charge is 0.310 e. The zero-order chi connectivity index (χ0) is 18.4. The van der Waals surface area contributed by atoms with Crippen molar-refractivity contribution in [2.75, 3.05) is 5.32 Å². The Bertz CT molecular complexity index is 891. The highest BCUT2D eigenvalue weighted by molar-refractivity contribution is 5.88. The van der Waals surface area contributed by atoms with Crippen molar-refractivity contribution < 1.29 is 14.3 Å². The van der Waals surface area contributed by atoms with Gasteiger partial charge in [-0.3, -0.25) is 9.59 Å². The molecule has 1 aromatic heterocycles. The van der Waals surface area contributed by atoms with E-state index in [0.717, 1.165) is 11.3 Å². The normalized spacial score (nSPS) is 10.3. The molecule has 0 saturated carbocycles. The molecule has 3 rings (SSSR count). The third-order valence-electron chi connectivity index (χ3n) is 3.52. The Morgan fingerprint density at radius 2 is 1.81 bits per heavy atom.